The van der Waals surface area contributed by atoms with Crippen molar-refractivity contribution < 1.29 is 93.4 Å². The van der Waals surface area contributed by atoms with Gasteiger partial charge in [-0.05, 0) is 134 Å². The number of rotatable bonds is 22. The molecule has 7 aromatic rings. The fourth-order valence-electron chi connectivity index (χ4n) is 14.4. The minimum atomic E-state index is -4.64. The molecule has 3 aromatic heterocycles. The SMILES string of the molecule is COc1ccc(Cn2nc3c(c2C)C(C)(C)CN(C(=O)c2ccc(OCCN4CCOCC4)c(F)c2)C=C3C(=O)OC(C)C)cc1.COc1ccc(Cn2nc3c(c2C)C(C)(C)CNC=C3C(=O)OC(C)C)cc1.Cc1[nH]nc2c1C(C)(C)CN(C(=O)c1ccc(OCCN3CCOCC3)c(F)c1)C=C2C(=O)OC(C)C.O=CC(F)(F)F. The van der Waals surface area contributed by atoms with E-state index in [-0.39, 0.29) is 76.6 Å². The number of benzene rings is 4. The van der Waals surface area contributed by atoms with Crippen LogP contribution in [0.15, 0.2) is 104 Å². The zero-order valence-corrected chi connectivity index (χ0v) is 69.7. The van der Waals surface area contributed by atoms with E-state index >= 15 is 4.39 Å². The van der Waals surface area contributed by atoms with Gasteiger partial charge in [0.1, 0.15) is 58.5 Å². The first-order valence-corrected chi connectivity index (χ1v) is 38.9. The van der Waals surface area contributed by atoms with Gasteiger partial charge < -0.3 is 57.7 Å². The molecule has 2 N–H and O–H groups in total. The highest BCUT2D eigenvalue weighted by Crippen LogP contribution is 2.41. The van der Waals surface area contributed by atoms with Crippen molar-refractivity contribution in [2.24, 2.45) is 0 Å². The van der Waals surface area contributed by atoms with Crippen molar-refractivity contribution in [3.63, 3.8) is 0 Å². The molecular formula is C86H108F5N11O15. The topological polar surface area (TPSA) is 275 Å². The summed E-state index contributed by atoms with van der Waals surface area (Å²) in [5.74, 6) is -1.88. The summed E-state index contributed by atoms with van der Waals surface area (Å²) in [4.78, 5) is 82.6. The number of alkyl halides is 3. The van der Waals surface area contributed by atoms with Gasteiger partial charge in [0.25, 0.3) is 11.8 Å². The highest BCUT2D eigenvalue weighted by molar-refractivity contribution is 6.18. The molecule has 117 heavy (non-hydrogen) atoms. The van der Waals surface area contributed by atoms with E-state index in [1.54, 1.807) is 54.2 Å². The van der Waals surface area contributed by atoms with Crippen LogP contribution in [-0.2, 0) is 72.2 Å². The van der Waals surface area contributed by atoms with Crippen LogP contribution in [0.3, 0.4) is 0 Å². The van der Waals surface area contributed by atoms with Crippen LogP contribution in [0.4, 0.5) is 22.0 Å². The quantitative estimate of drug-likeness (QED) is 0.0276. The number of aldehydes is 1. The third-order valence-electron chi connectivity index (χ3n) is 19.9. The highest BCUT2D eigenvalue weighted by atomic mass is 19.4. The number of fused-ring (bicyclic) bond motifs is 3. The van der Waals surface area contributed by atoms with Crippen LogP contribution < -0.4 is 24.3 Å². The number of aryl methyl sites for hydroxylation is 1. The molecule has 632 valence electrons. The number of H-pyrrole nitrogens is 1. The fourth-order valence-corrected chi connectivity index (χ4v) is 14.4. The van der Waals surface area contributed by atoms with Gasteiger partial charge in [0.15, 0.2) is 23.1 Å². The lowest BCUT2D eigenvalue weighted by Crippen LogP contribution is -2.38. The van der Waals surface area contributed by atoms with Crippen LogP contribution in [0.1, 0.15) is 166 Å². The predicted molar refractivity (Wildman–Crippen MR) is 429 cm³/mol. The molecule has 4 aromatic carbocycles. The van der Waals surface area contributed by atoms with Crippen molar-refractivity contribution in [3.05, 3.63) is 188 Å². The monoisotopic (exact) mass is 1630 g/mol. The lowest BCUT2D eigenvalue weighted by Gasteiger charge is -2.30. The first-order chi connectivity index (χ1) is 55.3. The molecule has 0 spiro atoms. The van der Waals surface area contributed by atoms with Gasteiger partial charge in [-0.25, -0.2) is 23.2 Å². The summed E-state index contributed by atoms with van der Waals surface area (Å²) >= 11 is 0. The molecule has 0 unspecified atom stereocenters. The van der Waals surface area contributed by atoms with E-state index in [9.17, 15) is 41.5 Å². The van der Waals surface area contributed by atoms with Crippen molar-refractivity contribution in [2.45, 2.75) is 158 Å². The highest BCUT2D eigenvalue weighted by Gasteiger charge is 2.42. The van der Waals surface area contributed by atoms with E-state index in [1.807, 2.05) is 113 Å². The predicted octanol–water partition coefficient (Wildman–Crippen LogP) is 12.3. The minimum absolute atomic E-state index is 0.0827. The Kier molecular flexibility index (Phi) is 30.4. The Hall–Kier alpha value is -10.8. The molecule has 5 aliphatic rings. The standard InChI is InChI=1S/C35H43FN4O6.C27H35FN4O5.C22H29N3O3.C2HF3O/c1-23(2)46-34(42)28-21-39(33(41)26-9-12-30(29(36)19-26)45-18-15-38-13-16-44-17-14-38)22-35(4,5)31-24(3)40(37-32(28)31)20-25-7-10-27(43-6)11-8-25;1-17(2)37-26(34)20-15-32(16-27(4,5)23-18(3)29-30-24(20)23)25(33)19-6-7-22(21(28)14-19)36-13-10-31-8-11-35-12-9-31;1-14(2)28-21(26)18-11-23-13-22(4,5)19-15(3)25(24-20(18)19)12-16-7-9-17(27-6)10-8-16;3-2(4,5)1-6/h7-12,19,21,23H,13-18,20,22H2,1-6H3;6-7,14-15,17H,8-13,16H2,1-5H3,(H,29,30);7-11,14,23H,12-13H2,1-6H3;1H. The number of nitrogens with one attached hydrogen (secondary N) is 2. The van der Waals surface area contributed by atoms with E-state index in [0.29, 0.717) is 95.0 Å². The summed E-state index contributed by atoms with van der Waals surface area (Å²) in [6.07, 6.45) is -1.92. The van der Waals surface area contributed by atoms with Crippen molar-refractivity contribution in [1.29, 1.82) is 0 Å². The molecule has 0 aliphatic carbocycles. The van der Waals surface area contributed by atoms with Gasteiger partial charge in [0.05, 0.1) is 72.0 Å². The van der Waals surface area contributed by atoms with Crippen LogP contribution in [0, 0.1) is 32.4 Å². The van der Waals surface area contributed by atoms with Crippen LogP contribution in [-0.4, -0.2) is 223 Å². The van der Waals surface area contributed by atoms with Crippen LogP contribution in [0.25, 0.3) is 16.7 Å². The maximum Gasteiger partial charge on any atom is 0.446 e. The zero-order valence-electron chi connectivity index (χ0n) is 69.7. The first kappa shape index (κ1) is 90.2. The number of carbonyl (C=O) groups excluding carboxylic acids is 6. The van der Waals surface area contributed by atoms with Crippen LogP contribution in [0.2, 0.25) is 0 Å². The molecule has 8 heterocycles. The Morgan fingerprint density at radius 3 is 1.30 bits per heavy atom. The lowest BCUT2D eigenvalue weighted by atomic mass is 9.82. The molecule has 5 aliphatic heterocycles. The summed E-state index contributed by atoms with van der Waals surface area (Å²) in [7, 11) is 3.28. The lowest BCUT2D eigenvalue weighted by molar-refractivity contribution is -0.156. The largest absolute Gasteiger partial charge is 0.497 e. The number of aromatic nitrogens is 6. The second kappa shape index (κ2) is 39.5. The number of methoxy groups -OCH3 is 2. The number of hydrogen-bond donors (Lipinski definition) is 2. The maximum absolute atomic E-state index is 15.2. The molecule has 12 rings (SSSR count). The minimum Gasteiger partial charge on any atom is -0.497 e. The number of hydrogen-bond acceptors (Lipinski definition) is 21. The van der Waals surface area contributed by atoms with E-state index in [4.69, 9.17) is 57.6 Å². The van der Waals surface area contributed by atoms with E-state index in [1.165, 1.54) is 52.5 Å². The normalized spacial score (nSPS) is 16.3. The summed E-state index contributed by atoms with van der Waals surface area (Å²) in [6, 6.07) is 24.1. The number of nitrogens with zero attached hydrogens (tertiary/aromatic N) is 9. The number of aromatic amines is 1. The van der Waals surface area contributed by atoms with Crippen molar-refractivity contribution >= 4 is 52.7 Å². The molecule has 0 saturated carbocycles. The number of morpholine rings is 2. The maximum atomic E-state index is 15.2. The van der Waals surface area contributed by atoms with Crippen molar-refractivity contribution in [3.8, 4) is 23.0 Å². The van der Waals surface area contributed by atoms with Crippen molar-refractivity contribution in [2.75, 3.05) is 113 Å². The summed E-state index contributed by atoms with van der Waals surface area (Å²) < 4.78 is 114. The van der Waals surface area contributed by atoms with Crippen molar-refractivity contribution in [1.82, 2.24) is 54.7 Å². The molecule has 31 heteroatoms. The summed E-state index contributed by atoms with van der Waals surface area (Å²) in [5.41, 5.74) is 9.04. The Labute approximate surface area is 679 Å². The van der Waals surface area contributed by atoms with Gasteiger partial charge >= 0.3 is 24.1 Å². The average Bonchev–Trinajstić information content (AvgIpc) is 1.61. The van der Waals surface area contributed by atoms with E-state index < -0.39 is 58.7 Å². The Bertz CT molecular complexity index is 4740. The van der Waals surface area contributed by atoms with Gasteiger partial charge in [-0.2, -0.15) is 28.5 Å². The van der Waals surface area contributed by atoms with Gasteiger partial charge in [-0.3, -0.25) is 38.6 Å². The Morgan fingerprint density at radius 1 is 0.538 bits per heavy atom. The molecule has 26 nitrogen and oxygen atoms in total. The fraction of sp³-hybridized carbons (Fsp3) is 0.477. The summed E-state index contributed by atoms with van der Waals surface area (Å²) in [5, 5.41) is 20.3. The molecule has 2 saturated heterocycles. The van der Waals surface area contributed by atoms with Gasteiger partial charge in [-0.1, -0.05) is 65.8 Å². The van der Waals surface area contributed by atoms with Gasteiger partial charge in [0, 0.05) is 139 Å². The van der Waals surface area contributed by atoms with Crippen LogP contribution >= 0.6 is 0 Å². The summed E-state index contributed by atoms with van der Waals surface area (Å²) in [6.45, 7) is 39.2. The van der Waals surface area contributed by atoms with Gasteiger partial charge in [-0.15, -0.1) is 0 Å². The number of esters is 3. The molecule has 0 bridgehead atoms. The van der Waals surface area contributed by atoms with Gasteiger partial charge in [0.2, 0.25) is 6.29 Å². The second-order valence-electron chi connectivity index (χ2n) is 31.7. The Morgan fingerprint density at radius 2 is 0.915 bits per heavy atom. The van der Waals surface area contributed by atoms with E-state index in [0.717, 1.165) is 82.6 Å². The zero-order chi connectivity index (χ0) is 85.4. The number of carbonyl (C=O) groups is 6. The Balaban J connectivity index is 0.000000198. The second-order valence-corrected chi connectivity index (χ2v) is 31.7. The third-order valence-corrected chi connectivity index (χ3v) is 19.9. The first-order valence-electron chi connectivity index (χ1n) is 38.9. The average molecular weight is 1630 g/mol. The molecule has 2 fully saturated rings. The molecule has 0 radical (unpaired) electrons. The third kappa shape index (κ3) is 23.6. The number of amides is 2. The molecular weight excluding hydrogens is 1520 g/mol. The number of ether oxygens (including phenoxy) is 9. The smallest absolute Gasteiger partial charge is 0.446 e. The number of halogens is 5. The molecule has 2 amide bonds. The van der Waals surface area contributed by atoms with Crippen LogP contribution in [0.5, 0.6) is 23.0 Å². The van der Waals surface area contributed by atoms with E-state index in [2.05, 4.69) is 46.1 Å². The molecule has 0 atom stereocenters.